The summed E-state index contributed by atoms with van der Waals surface area (Å²) in [7, 11) is 3.93. The minimum atomic E-state index is -0.277. The highest BCUT2D eigenvalue weighted by molar-refractivity contribution is 5.77. The molecule has 3 heterocycles. The summed E-state index contributed by atoms with van der Waals surface area (Å²) in [6.45, 7) is 4.18. The monoisotopic (exact) mass is 388 g/mol. The molecule has 0 aliphatic rings. The van der Waals surface area contributed by atoms with Crippen LogP contribution in [-0.2, 0) is 0 Å². The van der Waals surface area contributed by atoms with E-state index in [0.29, 0.717) is 5.69 Å². The molecule has 4 rings (SSSR count). The molecule has 0 radical (unpaired) electrons. The lowest BCUT2D eigenvalue weighted by Gasteiger charge is -2.29. The number of rotatable bonds is 5. The zero-order valence-electron chi connectivity index (χ0n) is 17.0. The van der Waals surface area contributed by atoms with Gasteiger partial charge in [-0.3, -0.25) is 9.47 Å². The average Bonchev–Trinajstić information content (AvgIpc) is 3.13. The maximum Gasteiger partial charge on any atom is 0.349 e. The summed E-state index contributed by atoms with van der Waals surface area (Å²) in [5.41, 5.74) is 3.84. The van der Waals surface area contributed by atoms with E-state index in [2.05, 4.69) is 28.9 Å². The molecule has 148 valence electrons. The summed E-state index contributed by atoms with van der Waals surface area (Å²) in [4.78, 5) is 23.6. The Balaban J connectivity index is 1.72. The maximum absolute atomic E-state index is 12.7. The lowest BCUT2D eigenvalue weighted by molar-refractivity contribution is 0.152. The molecule has 1 aromatic carbocycles. The summed E-state index contributed by atoms with van der Waals surface area (Å²) in [6, 6.07) is 11.9. The summed E-state index contributed by atoms with van der Waals surface area (Å²) in [5.74, 6) is 0.272. The third-order valence-electron chi connectivity index (χ3n) is 4.98. The summed E-state index contributed by atoms with van der Waals surface area (Å²) in [5, 5.41) is 4.43. The van der Waals surface area contributed by atoms with E-state index >= 15 is 0 Å². The Morgan fingerprint density at radius 2 is 1.76 bits per heavy atom. The standard InChI is InChI=1S/C22H24N6O/c1-15(2)21(26(3)4)27-11-10-19(25-22(27)29)17-12-23-20-18(13-24-28(20)14-17)16-8-6-5-7-9-16/h5-15,21H,1-4H3. The molecule has 0 N–H and O–H groups in total. The van der Waals surface area contributed by atoms with Crippen molar-refractivity contribution in [3.05, 3.63) is 71.7 Å². The van der Waals surface area contributed by atoms with Gasteiger partial charge < -0.3 is 0 Å². The Kier molecular flexibility index (Phi) is 4.98. The first-order valence-corrected chi connectivity index (χ1v) is 9.60. The van der Waals surface area contributed by atoms with E-state index in [9.17, 15) is 4.79 Å². The first-order chi connectivity index (χ1) is 14.0. The molecule has 7 heteroatoms. The molecular formula is C22H24N6O. The number of aromatic nitrogens is 5. The molecule has 1 unspecified atom stereocenters. The van der Waals surface area contributed by atoms with Crippen LogP contribution in [0.1, 0.15) is 20.0 Å². The minimum Gasteiger partial charge on any atom is -0.289 e. The van der Waals surface area contributed by atoms with Gasteiger partial charge in [-0.25, -0.2) is 14.3 Å². The fourth-order valence-electron chi connectivity index (χ4n) is 3.77. The van der Waals surface area contributed by atoms with Gasteiger partial charge >= 0.3 is 5.69 Å². The van der Waals surface area contributed by atoms with Crippen LogP contribution in [-0.4, -0.2) is 43.1 Å². The SMILES string of the molecule is CC(C)C(N(C)C)n1ccc(-c2cnc3c(-c4ccccc4)cnn3c2)nc1=O. The van der Waals surface area contributed by atoms with Gasteiger partial charge in [0.15, 0.2) is 5.65 Å². The maximum atomic E-state index is 12.7. The van der Waals surface area contributed by atoms with Crippen molar-refractivity contribution < 1.29 is 0 Å². The van der Waals surface area contributed by atoms with Gasteiger partial charge in [-0.15, -0.1) is 0 Å². The van der Waals surface area contributed by atoms with Crippen LogP contribution < -0.4 is 5.69 Å². The number of hydrogen-bond donors (Lipinski definition) is 0. The van der Waals surface area contributed by atoms with Gasteiger partial charge in [-0.2, -0.15) is 10.1 Å². The highest BCUT2D eigenvalue weighted by Gasteiger charge is 2.20. The van der Waals surface area contributed by atoms with Crippen molar-refractivity contribution >= 4 is 5.65 Å². The molecule has 0 aliphatic carbocycles. The van der Waals surface area contributed by atoms with Crippen LogP contribution in [0.5, 0.6) is 0 Å². The van der Waals surface area contributed by atoms with E-state index in [4.69, 9.17) is 0 Å². The predicted molar refractivity (Wildman–Crippen MR) is 113 cm³/mol. The molecule has 0 bridgehead atoms. The number of hydrogen-bond acceptors (Lipinski definition) is 5. The second kappa shape index (κ2) is 7.60. The molecule has 0 spiro atoms. The quantitative estimate of drug-likeness (QED) is 0.525. The Labute approximate surface area is 169 Å². The molecule has 0 amide bonds. The van der Waals surface area contributed by atoms with Gasteiger partial charge in [0.1, 0.15) is 0 Å². The highest BCUT2D eigenvalue weighted by Crippen LogP contribution is 2.25. The molecule has 1 atom stereocenters. The van der Waals surface area contributed by atoms with Gasteiger partial charge in [0, 0.05) is 29.7 Å². The van der Waals surface area contributed by atoms with Crippen LogP contribution >= 0.6 is 0 Å². The molecule has 29 heavy (non-hydrogen) atoms. The second-order valence-corrected chi connectivity index (χ2v) is 7.66. The van der Waals surface area contributed by atoms with Crippen molar-refractivity contribution in [2.75, 3.05) is 14.1 Å². The van der Waals surface area contributed by atoms with E-state index in [1.54, 1.807) is 27.7 Å². The van der Waals surface area contributed by atoms with Gasteiger partial charge in [-0.05, 0) is 31.6 Å². The van der Waals surface area contributed by atoms with Crippen molar-refractivity contribution in [2.24, 2.45) is 5.92 Å². The molecular weight excluding hydrogens is 364 g/mol. The molecule has 7 nitrogen and oxygen atoms in total. The van der Waals surface area contributed by atoms with Crippen molar-refractivity contribution in [2.45, 2.75) is 20.0 Å². The van der Waals surface area contributed by atoms with E-state index in [-0.39, 0.29) is 17.8 Å². The summed E-state index contributed by atoms with van der Waals surface area (Å²) >= 11 is 0. The van der Waals surface area contributed by atoms with E-state index in [1.807, 2.05) is 61.6 Å². The number of fused-ring (bicyclic) bond motifs is 1. The average molecular weight is 388 g/mol. The Bertz CT molecular complexity index is 1180. The Morgan fingerprint density at radius 3 is 2.41 bits per heavy atom. The Hall–Kier alpha value is -3.32. The fourth-order valence-corrected chi connectivity index (χ4v) is 3.77. The number of nitrogens with zero attached hydrogens (tertiary/aromatic N) is 6. The van der Waals surface area contributed by atoms with Gasteiger partial charge in [0.05, 0.1) is 18.1 Å². The smallest absolute Gasteiger partial charge is 0.289 e. The third-order valence-corrected chi connectivity index (χ3v) is 4.98. The van der Waals surface area contributed by atoms with E-state index in [1.165, 1.54) is 0 Å². The zero-order valence-corrected chi connectivity index (χ0v) is 17.0. The lowest BCUT2D eigenvalue weighted by atomic mass is 10.1. The third kappa shape index (κ3) is 3.56. The Morgan fingerprint density at radius 1 is 1.00 bits per heavy atom. The van der Waals surface area contributed by atoms with E-state index in [0.717, 1.165) is 22.3 Å². The molecule has 0 aliphatic heterocycles. The first-order valence-electron chi connectivity index (χ1n) is 9.60. The molecule has 3 aromatic heterocycles. The van der Waals surface area contributed by atoms with Crippen LogP contribution in [0.15, 0.2) is 66.0 Å². The first kappa shape index (κ1) is 19.0. The fraction of sp³-hybridized carbons (Fsp3) is 0.273. The van der Waals surface area contributed by atoms with E-state index < -0.39 is 0 Å². The van der Waals surface area contributed by atoms with Crippen LogP contribution in [0.3, 0.4) is 0 Å². The van der Waals surface area contributed by atoms with Gasteiger partial charge in [-0.1, -0.05) is 44.2 Å². The summed E-state index contributed by atoms with van der Waals surface area (Å²) in [6.07, 6.45) is 7.15. The van der Waals surface area contributed by atoms with Gasteiger partial charge in [0.2, 0.25) is 0 Å². The van der Waals surface area contributed by atoms with Crippen molar-refractivity contribution in [3.63, 3.8) is 0 Å². The van der Waals surface area contributed by atoms with Crippen molar-refractivity contribution in [3.8, 4) is 22.4 Å². The van der Waals surface area contributed by atoms with Crippen LogP contribution in [0, 0.1) is 5.92 Å². The molecule has 4 aromatic rings. The van der Waals surface area contributed by atoms with Crippen LogP contribution in [0.25, 0.3) is 28.0 Å². The molecule has 0 saturated carbocycles. The molecule has 0 saturated heterocycles. The number of benzene rings is 1. The normalized spacial score (nSPS) is 12.8. The molecule has 0 fully saturated rings. The van der Waals surface area contributed by atoms with Crippen LogP contribution in [0.4, 0.5) is 0 Å². The summed E-state index contributed by atoms with van der Waals surface area (Å²) < 4.78 is 3.39. The largest absolute Gasteiger partial charge is 0.349 e. The zero-order chi connectivity index (χ0) is 20.5. The van der Waals surface area contributed by atoms with Crippen molar-refractivity contribution in [1.29, 1.82) is 0 Å². The van der Waals surface area contributed by atoms with Crippen molar-refractivity contribution in [1.82, 2.24) is 29.0 Å². The topological polar surface area (TPSA) is 68.3 Å². The van der Waals surface area contributed by atoms with Gasteiger partial charge in [0.25, 0.3) is 0 Å². The lowest BCUT2D eigenvalue weighted by Crippen LogP contribution is -2.37. The second-order valence-electron chi connectivity index (χ2n) is 7.66. The highest BCUT2D eigenvalue weighted by atomic mass is 16.1. The predicted octanol–water partition coefficient (Wildman–Crippen LogP) is 3.34. The minimum absolute atomic E-state index is 0.0517. The van der Waals surface area contributed by atoms with Crippen LogP contribution in [0.2, 0.25) is 0 Å².